The molecule has 0 fully saturated rings. The largest absolute Gasteiger partial charge is 0.487 e. The van der Waals surface area contributed by atoms with E-state index in [0.29, 0.717) is 6.07 Å². The molecule has 4 nitrogen and oxygen atoms in total. The Morgan fingerprint density at radius 3 is 2.27 bits per heavy atom. The standard InChI is InChI=1S/C17H13Cl2F3O4/c1-16(15(23)24,26-14-5-3-2-4-11(14)18)9-25-13-7-6-10(8-12(13)19)17(20,21)22/h2-8H,9H2,1H3,(H,23,24). The number of hydrogen-bond acceptors (Lipinski definition) is 3. The maximum absolute atomic E-state index is 12.7. The number of rotatable bonds is 6. The van der Waals surface area contributed by atoms with Crippen molar-refractivity contribution in [3.05, 3.63) is 58.1 Å². The molecule has 1 N–H and O–H groups in total. The lowest BCUT2D eigenvalue weighted by molar-refractivity contribution is -0.156. The average Bonchev–Trinajstić information content (AvgIpc) is 2.55. The highest BCUT2D eigenvalue weighted by atomic mass is 35.5. The summed E-state index contributed by atoms with van der Waals surface area (Å²) in [6, 6.07) is 8.76. The van der Waals surface area contributed by atoms with Crippen molar-refractivity contribution in [3.63, 3.8) is 0 Å². The Kier molecular flexibility index (Phi) is 5.93. The Labute approximate surface area is 157 Å². The average molecular weight is 409 g/mol. The van der Waals surface area contributed by atoms with Gasteiger partial charge in [0.25, 0.3) is 0 Å². The molecule has 0 spiro atoms. The molecule has 140 valence electrons. The normalized spacial score (nSPS) is 13.8. The van der Waals surface area contributed by atoms with Gasteiger partial charge in [-0.2, -0.15) is 13.2 Å². The number of aliphatic carboxylic acids is 1. The first kappa shape index (κ1) is 20.2. The van der Waals surface area contributed by atoms with Crippen LogP contribution in [-0.4, -0.2) is 23.3 Å². The summed E-state index contributed by atoms with van der Waals surface area (Å²) in [5.74, 6) is -1.32. The number of carbonyl (C=O) groups is 1. The first-order valence-corrected chi connectivity index (χ1v) is 7.95. The third kappa shape index (κ3) is 4.74. The molecule has 0 bridgehead atoms. The summed E-state index contributed by atoms with van der Waals surface area (Å²) < 4.78 is 48.7. The van der Waals surface area contributed by atoms with Crippen molar-refractivity contribution in [2.24, 2.45) is 0 Å². The van der Waals surface area contributed by atoms with Gasteiger partial charge in [0, 0.05) is 0 Å². The molecule has 2 aromatic rings. The minimum Gasteiger partial charge on any atom is -0.487 e. The van der Waals surface area contributed by atoms with Crippen molar-refractivity contribution >= 4 is 29.2 Å². The molecule has 1 atom stereocenters. The van der Waals surface area contributed by atoms with Gasteiger partial charge in [0.15, 0.2) is 0 Å². The fraction of sp³-hybridized carbons (Fsp3) is 0.235. The highest BCUT2D eigenvalue weighted by Crippen LogP contribution is 2.35. The predicted octanol–water partition coefficient (Wildman–Crippen LogP) is 5.31. The minimum atomic E-state index is -4.55. The summed E-state index contributed by atoms with van der Waals surface area (Å²) in [6.07, 6.45) is -4.55. The van der Waals surface area contributed by atoms with Crippen molar-refractivity contribution in [1.29, 1.82) is 0 Å². The molecule has 9 heteroatoms. The van der Waals surface area contributed by atoms with Crippen molar-refractivity contribution in [2.45, 2.75) is 18.7 Å². The highest BCUT2D eigenvalue weighted by Gasteiger charge is 2.38. The molecule has 0 aliphatic heterocycles. The molecule has 1 unspecified atom stereocenters. The van der Waals surface area contributed by atoms with Crippen LogP contribution in [-0.2, 0) is 11.0 Å². The van der Waals surface area contributed by atoms with Gasteiger partial charge < -0.3 is 14.6 Å². The molecule has 0 amide bonds. The Morgan fingerprint density at radius 2 is 1.73 bits per heavy atom. The number of alkyl halides is 3. The van der Waals surface area contributed by atoms with Crippen LogP contribution in [0.25, 0.3) is 0 Å². The molecule has 26 heavy (non-hydrogen) atoms. The van der Waals surface area contributed by atoms with Gasteiger partial charge in [-0.05, 0) is 37.3 Å². The number of ether oxygens (including phenoxy) is 2. The third-order valence-electron chi connectivity index (χ3n) is 3.39. The lowest BCUT2D eigenvalue weighted by Gasteiger charge is -2.27. The lowest BCUT2D eigenvalue weighted by Crippen LogP contribution is -2.47. The molecule has 0 aliphatic carbocycles. The van der Waals surface area contributed by atoms with Gasteiger partial charge in [0.05, 0.1) is 15.6 Å². The van der Waals surface area contributed by atoms with Crippen molar-refractivity contribution < 1.29 is 32.5 Å². The molecule has 0 aromatic heterocycles. The van der Waals surface area contributed by atoms with E-state index in [-0.39, 0.29) is 21.5 Å². The maximum atomic E-state index is 12.7. The molecular formula is C17H13Cl2F3O4. The molecule has 0 saturated carbocycles. The fourth-order valence-electron chi connectivity index (χ4n) is 1.91. The van der Waals surface area contributed by atoms with Gasteiger partial charge in [0.2, 0.25) is 5.60 Å². The first-order valence-electron chi connectivity index (χ1n) is 7.19. The zero-order chi connectivity index (χ0) is 19.5. The van der Waals surface area contributed by atoms with Gasteiger partial charge in [-0.3, -0.25) is 0 Å². The van der Waals surface area contributed by atoms with E-state index in [9.17, 15) is 23.1 Å². The fourth-order valence-corrected chi connectivity index (χ4v) is 2.32. The summed E-state index contributed by atoms with van der Waals surface area (Å²) in [5, 5.41) is 9.35. The smallest absolute Gasteiger partial charge is 0.416 e. The Bertz CT molecular complexity index is 811. The minimum absolute atomic E-state index is 0.102. The Hall–Kier alpha value is -2.12. The van der Waals surface area contributed by atoms with E-state index in [1.807, 2.05) is 0 Å². The summed E-state index contributed by atoms with van der Waals surface area (Å²) in [5.41, 5.74) is -2.79. The zero-order valence-electron chi connectivity index (χ0n) is 13.3. The second-order valence-electron chi connectivity index (χ2n) is 5.50. The third-order valence-corrected chi connectivity index (χ3v) is 3.99. The summed E-state index contributed by atoms with van der Waals surface area (Å²) in [7, 11) is 0. The van der Waals surface area contributed by atoms with Crippen LogP contribution in [0.1, 0.15) is 12.5 Å². The summed E-state index contributed by atoms with van der Waals surface area (Å²) in [4.78, 5) is 11.6. The zero-order valence-corrected chi connectivity index (χ0v) is 14.8. The molecule has 2 rings (SSSR count). The molecule has 0 radical (unpaired) electrons. The quantitative estimate of drug-likeness (QED) is 0.703. The second kappa shape index (κ2) is 7.63. The number of benzene rings is 2. The number of halogens is 5. The molecule has 0 heterocycles. The van der Waals surface area contributed by atoms with E-state index in [2.05, 4.69) is 0 Å². The summed E-state index contributed by atoms with van der Waals surface area (Å²) >= 11 is 11.7. The molecule has 0 aliphatic rings. The van der Waals surface area contributed by atoms with Gasteiger partial charge >= 0.3 is 12.1 Å². The van der Waals surface area contributed by atoms with Crippen LogP contribution < -0.4 is 9.47 Å². The van der Waals surface area contributed by atoms with Crippen molar-refractivity contribution in [3.8, 4) is 11.5 Å². The molecule has 2 aromatic carbocycles. The Balaban J connectivity index is 2.19. The lowest BCUT2D eigenvalue weighted by atomic mass is 10.1. The molecule has 0 saturated heterocycles. The number of hydrogen-bond donors (Lipinski definition) is 1. The van der Waals surface area contributed by atoms with Crippen LogP contribution in [0.4, 0.5) is 13.2 Å². The van der Waals surface area contributed by atoms with Crippen molar-refractivity contribution in [2.75, 3.05) is 6.61 Å². The van der Waals surface area contributed by atoms with E-state index >= 15 is 0 Å². The van der Waals surface area contributed by atoms with Crippen LogP contribution in [0.3, 0.4) is 0 Å². The second-order valence-corrected chi connectivity index (χ2v) is 6.31. The van der Waals surface area contributed by atoms with Crippen molar-refractivity contribution in [1.82, 2.24) is 0 Å². The Morgan fingerprint density at radius 1 is 1.08 bits per heavy atom. The van der Waals surface area contributed by atoms with E-state index in [0.717, 1.165) is 12.1 Å². The monoisotopic (exact) mass is 408 g/mol. The topological polar surface area (TPSA) is 55.8 Å². The van der Waals surface area contributed by atoms with Gasteiger partial charge in [-0.15, -0.1) is 0 Å². The van der Waals surface area contributed by atoms with Crippen LogP contribution in [0.5, 0.6) is 11.5 Å². The van der Waals surface area contributed by atoms with Gasteiger partial charge in [0.1, 0.15) is 18.1 Å². The highest BCUT2D eigenvalue weighted by molar-refractivity contribution is 6.32. The SMILES string of the molecule is CC(COc1ccc(C(F)(F)F)cc1Cl)(Oc1ccccc1Cl)C(=O)O. The van der Waals surface area contributed by atoms with E-state index in [4.69, 9.17) is 32.7 Å². The number of para-hydroxylation sites is 1. The van der Waals surface area contributed by atoms with Gasteiger partial charge in [-0.1, -0.05) is 35.3 Å². The number of carboxylic acids is 1. The maximum Gasteiger partial charge on any atom is 0.416 e. The van der Waals surface area contributed by atoms with Gasteiger partial charge in [-0.25, -0.2) is 4.79 Å². The van der Waals surface area contributed by atoms with Crippen LogP contribution >= 0.6 is 23.2 Å². The summed E-state index contributed by atoms with van der Waals surface area (Å²) in [6.45, 7) is 0.731. The first-order chi connectivity index (χ1) is 12.0. The molecular weight excluding hydrogens is 396 g/mol. The van der Waals surface area contributed by atoms with Crippen LogP contribution in [0.2, 0.25) is 10.0 Å². The van der Waals surface area contributed by atoms with E-state index in [1.54, 1.807) is 12.1 Å². The predicted molar refractivity (Wildman–Crippen MR) is 90.1 cm³/mol. The van der Waals surface area contributed by atoms with Crippen LogP contribution in [0.15, 0.2) is 42.5 Å². The number of carboxylic acid groups (broad SMARTS) is 1. The van der Waals surface area contributed by atoms with Crippen LogP contribution in [0, 0.1) is 0 Å². The van der Waals surface area contributed by atoms with E-state index in [1.165, 1.54) is 19.1 Å². The van der Waals surface area contributed by atoms with E-state index < -0.39 is 29.9 Å².